The third-order valence-corrected chi connectivity index (χ3v) is 2.84. The molecule has 16 heavy (non-hydrogen) atoms. The SMILES string of the molecule is Cc1cccc(CNCC(Cl)CC(C)C)c1. The summed E-state index contributed by atoms with van der Waals surface area (Å²) in [6, 6.07) is 8.57. The quantitative estimate of drug-likeness (QED) is 0.746. The maximum absolute atomic E-state index is 6.21. The number of rotatable bonds is 6. The molecule has 0 fully saturated rings. The summed E-state index contributed by atoms with van der Waals surface area (Å²) in [5, 5.41) is 3.64. The normalized spacial score (nSPS) is 13.1. The molecule has 1 nitrogen and oxygen atoms in total. The van der Waals surface area contributed by atoms with E-state index in [4.69, 9.17) is 11.6 Å². The molecule has 0 saturated heterocycles. The van der Waals surface area contributed by atoms with Gasteiger partial charge in [-0.25, -0.2) is 0 Å². The van der Waals surface area contributed by atoms with Crippen molar-refractivity contribution in [1.82, 2.24) is 5.32 Å². The fraction of sp³-hybridized carbons (Fsp3) is 0.571. The van der Waals surface area contributed by atoms with Crippen molar-refractivity contribution >= 4 is 11.6 Å². The highest BCUT2D eigenvalue weighted by Crippen LogP contribution is 2.10. The number of halogens is 1. The summed E-state index contributed by atoms with van der Waals surface area (Å²) in [5.41, 5.74) is 2.64. The molecule has 1 rings (SSSR count). The van der Waals surface area contributed by atoms with Gasteiger partial charge in [0.1, 0.15) is 0 Å². The molecule has 0 aliphatic heterocycles. The first-order valence-corrected chi connectivity index (χ1v) is 6.42. The minimum atomic E-state index is 0.241. The van der Waals surface area contributed by atoms with Crippen molar-refractivity contribution in [3.8, 4) is 0 Å². The molecule has 0 saturated carbocycles. The van der Waals surface area contributed by atoms with Gasteiger partial charge in [-0.15, -0.1) is 11.6 Å². The van der Waals surface area contributed by atoms with Gasteiger partial charge in [-0.05, 0) is 24.8 Å². The van der Waals surface area contributed by atoms with Crippen LogP contribution in [0, 0.1) is 12.8 Å². The lowest BCUT2D eigenvalue weighted by molar-refractivity contribution is 0.533. The standard InChI is InChI=1S/C14H22ClN/c1-11(2)7-14(15)10-16-9-13-6-4-5-12(3)8-13/h4-6,8,11,14,16H,7,9-10H2,1-3H3. The molecule has 0 heterocycles. The van der Waals surface area contributed by atoms with Crippen molar-refractivity contribution in [3.63, 3.8) is 0 Å². The van der Waals surface area contributed by atoms with Crippen molar-refractivity contribution in [3.05, 3.63) is 35.4 Å². The van der Waals surface area contributed by atoms with Gasteiger partial charge in [0.15, 0.2) is 0 Å². The van der Waals surface area contributed by atoms with E-state index in [-0.39, 0.29) is 5.38 Å². The first kappa shape index (κ1) is 13.5. The number of hydrogen-bond donors (Lipinski definition) is 1. The van der Waals surface area contributed by atoms with Crippen molar-refractivity contribution in [2.45, 2.75) is 39.1 Å². The predicted octanol–water partition coefficient (Wildman–Crippen LogP) is 3.74. The molecule has 0 radical (unpaired) electrons. The van der Waals surface area contributed by atoms with Crippen LogP contribution in [-0.2, 0) is 6.54 Å². The lowest BCUT2D eigenvalue weighted by Crippen LogP contribution is -2.23. The molecular weight excluding hydrogens is 218 g/mol. The number of nitrogens with one attached hydrogen (secondary N) is 1. The molecule has 2 heteroatoms. The minimum Gasteiger partial charge on any atom is -0.311 e. The molecule has 0 bridgehead atoms. The van der Waals surface area contributed by atoms with E-state index in [9.17, 15) is 0 Å². The Morgan fingerprint density at radius 3 is 2.69 bits per heavy atom. The van der Waals surface area contributed by atoms with Gasteiger partial charge < -0.3 is 5.32 Å². The van der Waals surface area contributed by atoms with Gasteiger partial charge in [0.25, 0.3) is 0 Å². The average Bonchev–Trinajstić information content (AvgIpc) is 2.16. The van der Waals surface area contributed by atoms with E-state index in [2.05, 4.69) is 50.4 Å². The smallest absolute Gasteiger partial charge is 0.0463 e. The molecule has 0 aromatic heterocycles. The first-order valence-electron chi connectivity index (χ1n) is 5.98. The highest BCUT2D eigenvalue weighted by atomic mass is 35.5. The Labute approximate surface area is 104 Å². The molecule has 0 aliphatic rings. The number of hydrogen-bond acceptors (Lipinski definition) is 1. The summed E-state index contributed by atoms with van der Waals surface area (Å²) in [6.45, 7) is 8.31. The minimum absolute atomic E-state index is 0.241. The summed E-state index contributed by atoms with van der Waals surface area (Å²) < 4.78 is 0. The second-order valence-corrected chi connectivity index (χ2v) is 5.46. The van der Waals surface area contributed by atoms with Crippen LogP contribution in [-0.4, -0.2) is 11.9 Å². The van der Waals surface area contributed by atoms with E-state index in [1.165, 1.54) is 11.1 Å². The van der Waals surface area contributed by atoms with Crippen LogP contribution >= 0.6 is 11.6 Å². The third kappa shape index (κ3) is 5.53. The number of aryl methyl sites for hydroxylation is 1. The van der Waals surface area contributed by atoms with Crippen LogP contribution in [0.1, 0.15) is 31.4 Å². The van der Waals surface area contributed by atoms with Crippen molar-refractivity contribution < 1.29 is 0 Å². The van der Waals surface area contributed by atoms with E-state index >= 15 is 0 Å². The van der Waals surface area contributed by atoms with Crippen LogP contribution in [0.3, 0.4) is 0 Å². The van der Waals surface area contributed by atoms with Gasteiger partial charge in [-0.1, -0.05) is 43.7 Å². The molecule has 1 aromatic rings. The van der Waals surface area contributed by atoms with Crippen molar-refractivity contribution in [1.29, 1.82) is 0 Å². The lowest BCUT2D eigenvalue weighted by Gasteiger charge is -2.13. The summed E-state index contributed by atoms with van der Waals surface area (Å²) in [7, 11) is 0. The Morgan fingerprint density at radius 2 is 2.06 bits per heavy atom. The maximum Gasteiger partial charge on any atom is 0.0463 e. The van der Waals surface area contributed by atoms with Crippen LogP contribution in [0.2, 0.25) is 0 Å². The average molecular weight is 240 g/mol. The molecule has 0 spiro atoms. The van der Waals surface area contributed by atoms with E-state index in [0.717, 1.165) is 19.5 Å². The Morgan fingerprint density at radius 1 is 1.31 bits per heavy atom. The molecule has 1 atom stereocenters. The van der Waals surface area contributed by atoms with Gasteiger partial charge in [0.05, 0.1) is 0 Å². The zero-order valence-corrected chi connectivity index (χ0v) is 11.2. The van der Waals surface area contributed by atoms with Crippen molar-refractivity contribution in [2.24, 2.45) is 5.92 Å². The highest BCUT2D eigenvalue weighted by molar-refractivity contribution is 6.20. The Bertz CT molecular complexity index is 309. The Kier molecular flexibility index (Phi) is 5.86. The molecule has 1 aromatic carbocycles. The fourth-order valence-electron chi connectivity index (χ4n) is 1.79. The monoisotopic (exact) mass is 239 g/mol. The van der Waals surface area contributed by atoms with Crippen LogP contribution < -0.4 is 5.32 Å². The highest BCUT2D eigenvalue weighted by Gasteiger charge is 2.06. The lowest BCUT2D eigenvalue weighted by atomic mass is 10.1. The predicted molar refractivity (Wildman–Crippen MR) is 72.0 cm³/mol. The van der Waals surface area contributed by atoms with Crippen LogP contribution in [0.4, 0.5) is 0 Å². The molecule has 90 valence electrons. The maximum atomic E-state index is 6.21. The number of alkyl halides is 1. The van der Waals surface area contributed by atoms with Crippen molar-refractivity contribution in [2.75, 3.05) is 6.54 Å². The molecule has 0 amide bonds. The Hall–Kier alpha value is -0.530. The van der Waals surface area contributed by atoms with Gasteiger partial charge in [-0.3, -0.25) is 0 Å². The van der Waals surface area contributed by atoms with E-state index in [1.54, 1.807) is 0 Å². The molecular formula is C14H22ClN. The van der Waals surface area contributed by atoms with Gasteiger partial charge in [0.2, 0.25) is 0 Å². The van der Waals surface area contributed by atoms with Crippen LogP contribution in [0.25, 0.3) is 0 Å². The Balaban J connectivity index is 2.25. The van der Waals surface area contributed by atoms with E-state index < -0.39 is 0 Å². The second kappa shape index (κ2) is 6.93. The van der Waals surface area contributed by atoms with Crippen LogP contribution in [0.15, 0.2) is 24.3 Å². The van der Waals surface area contributed by atoms with Gasteiger partial charge in [-0.2, -0.15) is 0 Å². The fourth-order valence-corrected chi connectivity index (χ4v) is 2.26. The first-order chi connectivity index (χ1) is 7.58. The van der Waals surface area contributed by atoms with Crippen LogP contribution in [0.5, 0.6) is 0 Å². The molecule has 1 N–H and O–H groups in total. The van der Waals surface area contributed by atoms with E-state index in [1.807, 2.05) is 0 Å². The summed E-state index contributed by atoms with van der Waals surface area (Å²) in [4.78, 5) is 0. The topological polar surface area (TPSA) is 12.0 Å². The third-order valence-electron chi connectivity index (χ3n) is 2.50. The summed E-state index contributed by atoms with van der Waals surface area (Å²) in [5.74, 6) is 0.670. The molecule has 0 aliphatic carbocycles. The zero-order valence-electron chi connectivity index (χ0n) is 10.5. The van der Waals surface area contributed by atoms with Gasteiger partial charge >= 0.3 is 0 Å². The summed E-state index contributed by atoms with van der Waals surface area (Å²) in [6.07, 6.45) is 1.07. The zero-order chi connectivity index (χ0) is 12.0. The molecule has 1 unspecified atom stereocenters. The van der Waals surface area contributed by atoms with E-state index in [0.29, 0.717) is 5.92 Å². The number of benzene rings is 1. The largest absolute Gasteiger partial charge is 0.311 e. The summed E-state index contributed by atoms with van der Waals surface area (Å²) >= 11 is 6.21. The second-order valence-electron chi connectivity index (χ2n) is 4.85. The van der Waals surface area contributed by atoms with Gasteiger partial charge in [0, 0.05) is 18.5 Å².